The summed E-state index contributed by atoms with van der Waals surface area (Å²) in [5.41, 5.74) is 7.16. The number of rotatable bonds is 8. The van der Waals surface area contributed by atoms with E-state index in [1.165, 1.54) is 11.3 Å². The van der Waals surface area contributed by atoms with Gasteiger partial charge in [0.25, 0.3) is 11.8 Å². The van der Waals surface area contributed by atoms with Crippen LogP contribution in [-0.2, 0) is 22.4 Å². The summed E-state index contributed by atoms with van der Waals surface area (Å²) >= 11 is 1.37. The molecular weight excluding hydrogens is 392 g/mol. The number of carbonyl (C=O) groups excluding carboxylic acids is 3. The second-order valence-corrected chi connectivity index (χ2v) is 7.88. The molecule has 0 fully saturated rings. The zero-order valence-electron chi connectivity index (χ0n) is 16.3. The summed E-state index contributed by atoms with van der Waals surface area (Å²) in [6.45, 7) is 2.16. The smallest absolute Gasteiger partial charge is 0.338 e. The third kappa shape index (κ3) is 5.14. The maximum absolute atomic E-state index is 12.3. The largest absolute Gasteiger partial charge is 0.494 e. The molecule has 7 nitrogen and oxygen atoms in total. The van der Waals surface area contributed by atoms with Gasteiger partial charge in [-0.15, -0.1) is 11.3 Å². The van der Waals surface area contributed by atoms with Crippen LogP contribution in [0, 0.1) is 0 Å². The normalized spacial score (nSPS) is 12.7. The van der Waals surface area contributed by atoms with Gasteiger partial charge in [0.1, 0.15) is 10.8 Å². The van der Waals surface area contributed by atoms with Crippen molar-refractivity contribution < 1.29 is 23.9 Å². The molecule has 8 heteroatoms. The van der Waals surface area contributed by atoms with Gasteiger partial charge in [-0.25, -0.2) is 4.79 Å². The highest BCUT2D eigenvalue weighted by Gasteiger charge is 2.25. The highest BCUT2D eigenvalue weighted by Crippen LogP contribution is 2.37. The minimum Gasteiger partial charge on any atom is -0.494 e. The zero-order valence-corrected chi connectivity index (χ0v) is 17.1. The summed E-state index contributed by atoms with van der Waals surface area (Å²) < 4.78 is 10.5. The number of amides is 2. The monoisotopic (exact) mass is 416 g/mol. The first-order valence-corrected chi connectivity index (χ1v) is 10.5. The molecule has 0 spiro atoms. The Morgan fingerprint density at radius 1 is 1.14 bits per heavy atom. The van der Waals surface area contributed by atoms with Gasteiger partial charge in [-0.3, -0.25) is 9.59 Å². The van der Waals surface area contributed by atoms with Crippen LogP contribution in [0.4, 0.5) is 5.00 Å². The number of nitrogens with one attached hydrogen (secondary N) is 1. The number of primary amides is 1. The Hall–Kier alpha value is -2.87. The highest BCUT2D eigenvalue weighted by atomic mass is 32.1. The first-order chi connectivity index (χ1) is 14.0. The second kappa shape index (κ2) is 9.56. The number of anilines is 1. The van der Waals surface area contributed by atoms with Gasteiger partial charge in [0.15, 0.2) is 6.61 Å². The Labute approximate surface area is 173 Å². The van der Waals surface area contributed by atoms with Crippen LogP contribution >= 0.6 is 11.3 Å². The molecule has 0 bridgehead atoms. The minimum absolute atomic E-state index is 0.325. The minimum atomic E-state index is -0.609. The predicted molar refractivity (Wildman–Crippen MR) is 111 cm³/mol. The molecule has 1 aromatic heterocycles. The van der Waals surface area contributed by atoms with E-state index in [1.807, 2.05) is 6.92 Å². The summed E-state index contributed by atoms with van der Waals surface area (Å²) in [4.78, 5) is 37.3. The van der Waals surface area contributed by atoms with E-state index in [2.05, 4.69) is 5.32 Å². The third-order valence-electron chi connectivity index (χ3n) is 4.57. The van der Waals surface area contributed by atoms with E-state index in [1.54, 1.807) is 24.3 Å². The molecule has 0 radical (unpaired) electrons. The number of fused-ring (bicyclic) bond motifs is 1. The Bertz CT molecular complexity index is 905. The van der Waals surface area contributed by atoms with Gasteiger partial charge in [0, 0.05) is 4.88 Å². The van der Waals surface area contributed by atoms with Gasteiger partial charge in [0.2, 0.25) is 0 Å². The molecule has 0 unspecified atom stereocenters. The van der Waals surface area contributed by atoms with E-state index in [4.69, 9.17) is 15.2 Å². The number of hydrogen-bond acceptors (Lipinski definition) is 6. The number of thiophene rings is 1. The number of aryl methyl sites for hydroxylation is 1. The highest BCUT2D eigenvalue weighted by molar-refractivity contribution is 7.17. The van der Waals surface area contributed by atoms with Crippen molar-refractivity contribution in [3.63, 3.8) is 0 Å². The van der Waals surface area contributed by atoms with E-state index in [-0.39, 0.29) is 0 Å². The fourth-order valence-corrected chi connectivity index (χ4v) is 4.51. The van der Waals surface area contributed by atoms with Crippen molar-refractivity contribution in [1.82, 2.24) is 0 Å². The zero-order chi connectivity index (χ0) is 20.8. The van der Waals surface area contributed by atoms with Crippen molar-refractivity contribution in [2.24, 2.45) is 5.73 Å². The van der Waals surface area contributed by atoms with Crippen molar-refractivity contribution in [2.75, 3.05) is 18.5 Å². The standard InChI is InChI=1S/C21H24N2O5S/c1-2-11-27-14-9-7-13(8-10-14)21(26)28-12-17(24)23-20-18(19(22)25)15-5-3-4-6-16(15)29-20/h7-10H,2-6,11-12H2,1H3,(H2,22,25)(H,23,24). The summed E-state index contributed by atoms with van der Waals surface area (Å²) in [6.07, 6.45) is 4.61. The lowest BCUT2D eigenvalue weighted by atomic mass is 9.95. The number of hydrogen-bond donors (Lipinski definition) is 2. The molecule has 2 aromatic rings. The molecule has 0 atom stereocenters. The van der Waals surface area contributed by atoms with E-state index < -0.39 is 24.4 Å². The van der Waals surface area contributed by atoms with E-state index in [0.29, 0.717) is 28.5 Å². The summed E-state index contributed by atoms with van der Waals surface area (Å²) in [5, 5.41) is 3.10. The van der Waals surface area contributed by atoms with Crippen LogP contribution in [0.2, 0.25) is 0 Å². The molecule has 0 saturated carbocycles. The van der Waals surface area contributed by atoms with Crippen molar-refractivity contribution in [1.29, 1.82) is 0 Å². The first kappa shape index (κ1) is 20.9. The molecule has 1 aliphatic rings. The van der Waals surface area contributed by atoms with Crippen LogP contribution < -0.4 is 15.8 Å². The molecule has 0 saturated heterocycles. The van der Waals surface area contributed by atoms with Gasteiger partial charge in [-0.2, -0.15) is 0 Å². The fraction of sp³-hybridized carbons (Fsp3) is 0.381. The molecule has 154 valence electrons. The Balaban J connectivity index is 1.58. The molecule has 2 amide bonds. The van der Waals surface area contributed by atoms with Crippen LogP contribution in [0.1, 0.15) is 57.3 Å². The number of nitrogens with two attached hydrogens (primary N) is 1. The van der Waals surface area contributed by atoms with Crippen LogP contribution in [0.25, 0.3) is 0 Å². The lowest BCUT2D eigenvalue weighted by Crippen LogP contribution is -2.23. The first-order valence-electron chi connectivity index (χ1n) is 9.63. The topological polar surface area (TPSA) is 108 Å². The Kier molecular flexibility index (Phi) is 6.87. The lowest BCUT2D eigenvalue weighted by molar-refractivity contribution is -0.119. The number of esters is 1. The van der Waals surface area contributed by atoms with Gasteiger partial charge in [-0.1, -0.05) is 6.92 Å². The molecule has 1 aromatic carbocycles. The molecule has 1 heterocycles. The quantitative estimate of drug-likeness (QED) is 0.642. The van der Waals surface area contributed by atoms with Crippen LogP contribution in [-0.4, -0.2) is 31.0 Å². The molecule has 3 N–H and O–H groups in total. The molecule has 3 rings (SSSR count). The fourth-order valence-electron chi connectivity index (χ4n) is 3.20. The van der Waals surface area contributed by atoms with E-state index in [0.717, 1.165) is 42.5 Å². The Morgan fingerprint density at radius 3 is 2.55 bits per heavy atom. The maximum atomic E-state index is 12.3. The molecule has 29 heavy (non-hydrogen) atoms. The van der Waals surface area contributed by atoms with E-state index >= 15 is 0 Å². The van der Waals surface area contributed by atoms with Gasteiger partial charge in [-0.05, 0) is 61.9 Å². The number of benzene rings is 1. The summed E-state index contributed by atoms with van der Waals surface area (Å²) in [6, 6.07) is 6.54. The summed E-state index contributed by atoms with van der Waals surface area (Å²) in [7, 11) is 0. The lowest BCUT2D eigenvalue weighted by Gasteiger charge is -2.11. The maximum Gasteiger partial charge on any atom is 0.338 e. The van der Waals surface area contributed by atoms with Gasteiger partial charge < -0.3 is 20.5 Å². The Morgan fingerprint density at radius 2 is 1.86 bits per heavy atom. The van der Waals surface area contributed by atoms with Crippen molar-refractivity contribution in [3.05, 3.63) is 45.8 Å². The average Bonchev–Trinajstić information content (AvgIpc) is 3.08. The van der Waals surface area contributed by atoms with Gasteiger partial charge in [0.05, 0.1) is 17.7 Å². The van der Waals surface area contributed by atoms with Crippen molar-refractivity contribution in [2.45, 2.75) is 39.0 Å². The third-order valence-corrected chi connectivity index (χ3v) is 5.78. The number of ether oxygens (including phenoxy) is 2. The van der Waals surface area contributed by atoms with Crippen LogP contribution in [0.15, 0.2) is 24.3 Å². The second-order valence-electron chi connectivity index (χ2n) is 6.78. The molecular formula is C21H24N2O5S. The number of carbonyl (C=O) groups is 3. The molecule has 1 aliphatic carbocycles. The van der Waals surface area contributed by atoms with Crippen molar-refractivity contribution >= 4 is 34.1 Å². The van der Waals surface area contributed by atoms with Crippen LogP contribution in [0.3, 0.4) is 0 Å². The predicted octanol–water partition coefficient (Wildman–Crippen LogP) is 3.31. The summed E-state index contributed by atoms with van der Waals surface area (Å²) in [5.74, 6) is -1.01. The van der Waals surface area contributed by atoms with Crippen LogP contribution in [0.5, 0.6) is 5.75 Å². The SMILES string of the molecule is CCCOc1ccc(C(=O)OCC(=O)Nc2sc3c(c2C(N)=O)CCCC3)cc1. The van der Waals surface area contributed by atoms with Crippen molar-refractivity contribution in [3.8, 4) is 5.75 Å². The average molecular weight is 416 g/mol. The van der Waals surface area contributed by atoms with E-state index in [9.17, 15) is 14.4 Å². The molecule has 0 aliphatic heterocycles. The van der Waals surface area contributed by atoms with Gasteiger partial charge >= 0.3 is 5.97 Å².